The molecule has 0 aliphatic carbocycles. The Bertz CT molecular complexity index is 407. The van der Waals surface area contributed by atoms with Gasteiger partial charge in [-0.2, -0.15) is 5.10 Å². The third kappa shape index (κ3) is 3.91. The van der Waals surface area contributed by atoms with Crippen LogP contribution in [0.5, 0.6) is 0 Å². The van der Waals surface area contributed by atoms with Gasteiger partial charge in [0, 0.05) is 25.5 Å². The van der Waals surface area contributed by atoms with E-state index >= 15 is 0 Å². The number of alkyl halides is 1. The summed E-state index contributed by atoms with van der Waals surface area (Å²) in [5, 5.41) is 4.27. The predicted molar refractivity (Wildman–Crippen MR) is 75.3 cm³/mol. The molecule has 1 aromatic rings. The summed E-state index contributed by atoms with van der Waals surface area (Å²) in [7, 11) is 0. The Morgan fingerprint density at radius 1 is 1.53 bits per heavy atom. The van der Waals surface area contributed by atoms with E-state index in [0.29, 0.717) is 5.88 Å². The minimum Gasteiger partial charge on any atom is -0.368 e. The first-order chi connectivity index (χ1) is 9.04. The van der Waals surface area contributed by atoms with E-state index in [2.05, 4.69) is 35.8 Å². The second kappa shape index (κ2) is 6.20. The van der Waals surface area contributed by atoms with Crippen molar-refractivity contribution in [3.63, 3.8) is 0 Å². The second-order valence-electron chi connectivity index (χ2n) is 5.72. The van der Waals surface area contributed by atoms with Crippen LogP contribution in [-0.4, -0.2) is 50.3 Å². The summed E-state index contributed by atoms with van der Waals surface area (Å²) in [6.07, 6.45) is 2.79. The minimum absolute atomic E-state index is 0.0907. The van der Waals surface area contributed by atoms with Crippen LogP contribution in [0.3, 0.4) is 0 Å². The lowest BCUT2D eigenvalue weighted by atomic mass is 10.1. The second-order valence-corrected chi connectivity index (χ2v) is 6.03. The van der Waals surface area contributed by atoms with Gasteiger partial charge in [0.15, 0.2) is 0 Å². The van der Waals surface area contributed by atoms with Crippen LogP contribution < -0.4 is 0 Å². The Hall–Kier alpha value is -0.650. The standard InChI is InChI=1S/C13H23ClN4O/c1-4-5-18-12(15-10-16-18)8-17-7-11(6-14)19-13(2,3)9-17/h10-11H,4-9H2,1-3H3. The molecule has 2 rings (SSSR count). The molecule has 1 saturated heterocycles. The zero-order chi connectivity index (χ0) is 13.9. The number of aryl methyl sites for hydroxylation is 1. The van der Waals surface area contributed by atoms with Gasteiger partial charge in [0.25, 0.3) is 0 Å². The molecule has 0 saturated carbocycles. The first kappa shape index (κ1) is 14.8. The first-order valence-corrected chi connectivity index (χ1v) is 7.40. The van der Waals surface area contributed by atoms with Crippen molar-refractivity contribution in [3.05, 3.63) is 12.2 Å². The van der Waals surface area contributed by atoms with E-state index in [1.165, 1.54) is 0 Å². The van der Waals surface area contributed by atoms with Crippen LogP contribution in [0.25, 0.3) is 0 Å². The number of morpholine rings is 1. The van der Waals surface area contributed by atoms with Gasteiger partial charge in [0.05, 0.1) is 18.2 Å². The van der Waals surface area contributed by atoms with Gasteiger partial charge in [-0.1, -0.05) is 6.92 Å². The number of nitrogens with zero attached hydrogens (tertiary/aromatic N) is 4. The zero-order valence-electron chi connectivity index (χ0n) is 12.0. The smallest absolute Gasteiger partial charge is 0.141 e. The van der Waals surface area contributed by atoms with Gasteiger partial charge >= 0.3 is 0 Å². The Labute approximate surface area is 119 Å². The number of hydrogen-bond donors (Lipinski definition) is 0. The van der Waals surface area contributed by atoms with Gasteiger partial charge in [-0.25, -0.2) is 9.67 Å². The van der Waals surface area contributed by atoms with E-state index in [-0.39, 0.29) is 11.7 Å². The number of hydrogen-bond acceptors (Lipinski definition) is 4. The Kier molecular flexibility index (Phi) is 4.81. The fraction of sp³-hybridized carbons (Fsp3) is 0.846. The van der Waals surface area contributed by atoms with Gasteiger partial charge < -0.3 is 4.74 Å². The molecule has 1 aromatic heterocycles. The molecule has 0 N–H and O–H groups in total. The van der Waals surface area contributed by atoms with Crippen molar-refractivity contribution in [2.24, 2.45) is 0 Å². The van der Waals surface area contributed by atoms with E-state index in [1.807, 2.05) is 4.68 Å². The third-order valence-electron chi connectivity index (χ3n) is 3.22. The molecular formula is C13H23ClN4O. The van der Waals surface area contributed by atoms with Crippen molar-refractivity contribution in [2.45, 2.75) is 52.0 Å². The molecule has 0 spiro atoms. The lowest BCUT2D eigenvalue weighted by Crippen LogP contribution is -2.53. The predicted octanol–water partition coefficient (Wildman–Crippen LogP) is 1.91. The summed E-state index contributed by atoms with van der Waals surface area (Å²) in [6, 6.07) is 0. The average Bonchev–Trinajstić information content (AvgIpc) is 2.75. The van der Waals surface area contributed by atoms with Crippen LogP contribution in [0.4, 0.5) is 0 Å². The summed E-state index contributed by atoms with van der Waals surface area (Å²) < 4.78 is 7.92. The Morgan fingerprint density at radius 2 is 2.32 bits per heavy atom. The lowest BCUT2D eigenvalue weighted by molar-refractivity contribution is -0.130. The van der Waals surface area contributed by atoms with Crippen molar-refractivity contribution >= 4 is 11.6 Å². The maximum absolute atomic E-state index is 5.95. The lowest BCUT2D eigenvalue weighted by Gasteiger charge is -2.42. The fourth-order valence-corrected chi connectivity index (χ4v) is 2.79. The topological polar surface area (TPSA) is 43.2 Å². The Balaban J connectivity index is 2.03. The van der Waals surface area contributed by atoms with Crippen LogP contribution in [0.1, 0.15) is 33.0 Å². The van der Waals surface area contributed by atoms with Crippen LogP contribution in [0, 0.1) is 0 Å². The highest BCUT2D eigenvalue weighted by Crippen LogP contribution is 2.22. The van der Waals surface area contributed by atoms with Gasteiger partial charge in [0.1, 0.15) is 12.2 Å². The molecule has 1 unspecified atom stereocenters. The van der Waals surface area contributed by atoms with Crippen molar-refractivity contribution in [1.82, 2.24) is 19.7 Å². The van der Waals surface area contributed by atoms with Gasteiger partial charge in [-0.3, -0.25) is 4.90 Å². The maximum atomic E-state index is 5.95. The summed E-state index contributed by atoms with van der Waals surface area (Å²) in [5.41, 5.74) is -0.159. The highest BCUT2D eigenvalue weighted by Gasteiger charge is 2.33. The first-order valence-electron chi connectivity index (χ1n) is 6.87. The summed E-state index contributed by atoms with van der Waals surface area (Å²) in [4.78, 5) is 6.72. The molecule has 1 atom stereocenters. The molecule has 0 amide bonds. The van der Waals surface area contributed by atoms with E-state index in [0.717, 1.165) is 38.4 Å². The summed E-state index contributed by atoms with van der Waals surface area (Å²) >= 11 is 5.95. The van der Waals surface area contributed by atoms with Crippen molar-refractivity contribution in [3.8, 4) is 0 Å². The number of rotatable bonds is 5. The molecule has 6 heteroatoms. The summed E-state index contributed by atoms with van der Waals surface area (Å²) in [5.74, 6) is 1.55. The van der Waals surface area contributed by atoms with E-state index in [4.69, 9.17) is 16.3 Å². The molecular weight excluding hydrogens is 264 g/mol. The third-order valence-corrected chi connectivity index (χ3v) is 3.56. The molecule has 1 fully saturated rings. The summed E-state index contributed by atoms with van der Waals surface area (Å²) in [6.45, 7) is 9.82. The molecule has 19 heavy (non-hydrogen) atoms. The maximum Gasteiger partial charge on any atom is 0.141 e. The van der Waals surface area contributed by atoms with E-state index in [1.54, 1.807) is 6.33 Å². The van der Waals surface area contributed by atoms with Crippen LogP contribution in [0.15, 0.2) is 6.33 Å². The molecule has 2 heterocycles. The molecule has 0 bridgehead atoms. The van der Waals surface area contributed by atoms with Crippen molar-refractivity contribution < 1.29 is 4.74 Å². The number of aromatic nitrogens is 3. The van der Waals surface area contributed by atoms with Crippen molar-refractivity contribution in [2.75, 3.05) is 19.0 Å². The molecule has 5 nitrogen and oxygen atoms in total. The molecule has 0 aromatic carbocycles. The fourth-order valence-electron chi connectivity index (χ4n) is 2.63. The monoisotopic (exact) mass is 286 g/mol. The van der Waals surface area contributed by atoms with E-state index < -0.39 is 0 Å². The molecule has 0 radical (unpaired) electrons. The number of ether oxygens (including phenoxy) is 1. The van der Waals surface area contributed by atoms with Gasteiger partial charge in [0.2, 0.25) is 0 Å². The highest BCUT2D eigenvalue weighted by molar-refractivity contribution is 6.18. The average molecular weight is 287 g/mol. The van der Waals surface area contributed by atoms with Gasteiger partial charge in [-0.05, 0) is 20.3 Å². The normalized spacial score (nSPS) is 23.7. The quantitative estimate of drug-likeness (QED) is 0.776. The molecule has 1 aliphatic heterocycles. The highest BCUT2D eigenvalue weighted by atomic mass is 35.5. The van der Waals surface area contributed by atoms with Gasteiger partial charge in [-0.15, -0.1) is 11.6 Å². The Morgan fingerprint density at radius 3 is 3.00 bits per heavy atom. The van der Waals surface area contributed by atoms with Crippen LogP contribution in [-0.2, 0) is 17.8 Å². The minimum atomic E-state index is -0.159. The SMILES string of the molecule is CCCn1ncnc1CN1CC(CCl)OC(C)(C)C1. The zero-order valence-corrected chi connectivity index (χ0v) is 12.7. The molecule has 108 valence electrons. The number of halogens is 1. The van der Waals surface area contributed by atoms with Crippen molar-refractivity contribution in [1.29, 1.82) is 0 Å². The molecule has 1 aliphatic rings. The van der Waals surface area contributed by atoms with Crippen LogP contribution >= 0.6 is 11.6 Å². The van der Waals surface area contributed by atoms with Crippen LogP contribution in [0.2, 0.25) is 0 Å². The van der Waals surface area contributed by atoms with E-state index in [9.17, 15) is 0 Å². The largest absolute Gasteiger partial charge is 0.368 e.